The molecule has 0 spiro atoms. The fraction of sp³-hybridized carbons (Fsp3) is 0.368. The minimum Gasteiger partial charge on any atom is -0.493 e. The van der Waals surface area contributed by atoms with Gasteiger partial charge in [-0.05, 0) is 68.5 Å². The van der Waals surface area contributed by atoms with Crippen LogP contribution in [0.2, 0.25) is 0 Å². The fourth-order valence-electron chi connectivity index (χ4n) is 2.63. The van der Waals surface area contributed by atoms with E-state index in [9.17, 15) is 4.39 Å². The zero-order chi connectivity index (χ0) is 15.9. The van der Waals surface area contributed by atoms with Gasteiger partial charge in [0.25, 0.3) is 0 Å². The number of benzene rings is 2. The predicted octanol–water partition coefficient (Wildman–Crippen LogP) is 4.34. The van der Waals surface area contributed by atoms with Crippen LogP contribution in [0.25, 0.3) is 0 Å². The van der Waals surface area contributed by atoms with Crippen molar-refractivity contribution in [2.75, 3.05) is 13.2 Å². The minimum absolute atomic E-state index is 0.210. The van der Waals surface area contributed by atoms with Crippen molar-refractivity contribution in [3.8, 4) is 5.75 Å². The van der Waals surface area contributed by atoms with E-state index in [-0.39, 0.29) is 11.7 Å². The standard InChI is InChI=1S/C19H24FNO/c1-14-5-10-19(15(2)12-14)22-11-3-4-17(13-21)16-6-8-18(20)9-7-16/h5-10,12,17H,3-4,11,13,21H2,1-2H3. The van der Waals surface area contributed by atoms with Gasteiger partial charge in [-0.2, -0.15) is 0 Å². The molecule has 0 aliphatic rings. The highest BCUT2D eigenvalue weighted by Crippen LogP contribution is 2.22. The van der Waals surface area contributed by atoms with E-state index in [1.165, 1.54) is 17.7 Å². The molecule has 2 aromatic rings. The summed E-state index contributed by atoms with van der Waals surface area (Å²) in [7, 11) is 0. The Morgan fingerprint density at radius 3 is 2.45 bits per heavy atom. The van der Waals surface area contributed by atoms with E-state index < -0.39 is 0 Å². The molecule has 1 atom stereocenters. The predicted molar refractivity (Wildman–Crippen MR) is 88.8 cm³/mol. The van der Waals surface area contributed by atoms with Gasteiger partial charge in [-0.15, -0.1) is 0 Å². The van der Waals surface area contributed by atoms with Crippen LogP contribution in [0.5, 0.6) is 5.75 Å². The van der Waals surface area contributed by atoms with E-state index in [4.69, 9.17) is 10.5 Å². The lowest BCUT2D eigenvalue weighted by Crippen LogP contribution is -2.14. The van der Waals surface area contributed by atoms with Crippen LogP contribution in [-0.4, -0.2) is 13.2 Å². The third kappa shape index (κ3) is 4.57. The highest BCUT2D eigenvalue weighted by molar-refractivity contribution is 5.35. The van der Waals surface area contributed by atoms with Crippen LogP contribution in [0.4, 0.5) is 4.39 Å². The quantitative estimate of drug-likeness (QED) is 0.772. The van der Waals surface area contributed by atoms with Crippen molar-refractivity contribution in [1.82, 2.24) is 0 Å². The van der Waals surface area contributed by atoms with Gasteiger partial charge in [-0.25, -0.2) is 4.39 Å². The molecule has 3 heteroatoms. The molecule has 0 amide bonds. The first kappa shape index (κ1) is 16.5. The van der Waals surface area contributed by atoms with Gasteiger partial charge in [0.2, 0.25) is 0 Å². The molecular weight excluding hydrogens is 277 g/mol. The number of rotatable bonds is 7. The molecule has 2 N–H and O–H groups in total. The van der Waals surface area contributed by atoms with Gasteiger partial charge in [-0.1, -0.05) is 29.8 Å². The monoisotopic (exact) mass is 301 g/mol. The lowest BCUT2D eigenvalue weighted by molar-refractivity contribution is 0.300. The van der Waals surface area contributed by atoms with Crippen molar-refractivity contribution in [2.24, 2.45) is 5.73 Å². The molecule has 0 aliphatic heterocycles. The van der Waals surface area contributed by atoms with Gasteiger partial charge in [0, 0.05) is 0 Å². The van der Waals surface area contributed by atoms with Crippen LogP contribution in [0.15, 0.2) is 42.5 Å². The van der Waals surface area contributed by atoms with E-state index >= 15 is 0 Å². The number of hydrogen-bond acceptors (Lipinski definition) is 2. The summed E-state index contributed by atoms with van der Waals surface area (Å²) in [6.07, 6.45) is 1.86. The molecule has 118 valence electrons. The van der Waals surface area contributed by atoms with Gasteiger partial charge < -0.3 is 10.5 Å². The zero-order valence-corrected chi connectivity index (χ0v) is 13.3. The van der Waals surface area contributed by atoms with Gasteiger partial charge in [0.05, 0.1) is 6.61 Å². The lowest BCUT2D eigenvalue weighted by atomic mass is 9.94. The molecule has 2 aromatic carbocycles. The molecule has 0 saturated heterocycles. The summed E-state index contributed by atoms with van der Waals surface area (Å²) in [5, 5.41) is 0. The molecule has 0 aromatic heterocycles. The normalized spacial score (nSPS) is 12.2. The van der Waals surface area contributed by atoms with Gasteiger partial charge in [-0.3, -0.25) is 0 Å². The lowest BCUT2D eigenvalue weighted by Gasteiger charge is -2.16. The van der Waals surface area contributed by atoms with E-state index in [2.05, 4.69) is 26.0 Å². The van der Waals surface area contributed by atoms with E-state index in [0.717, 1.165) is 29.7 Å². The Hall–Kier alpha value is -1.87. The second-order valence-electron chi connectivity index (χ2n) is 5.74. The SMILES string of the molecule is Cc1ccc(OCCCC(CN)c2ccc(F)cc2)c(C)c1. The average molecular weight is 301 g/mol. The van der Waals surface area contributed by atoms with Crippen LogP contribution in [0.1, 0.15) is 35.4 Å². The smallest absolute Gasteiger partial charge is 0.123 e. The first-order valence-corrected chi connectivity index (χ1v) is 7.75. The Kier molecular flexibility index (Phi) is 5.96. The van der Waals surface area contributed by atoms with Gasteiger partial charge in [0.1, 0.15) is 11.6 Å². The topological polar surface area (TPSA) is 35.2 Å². The van der Waals surface area contributed by atoms with Crippen LogP contribution in [-0.2, 0) is 0 Å². The Morgan fingerprint density at radius 1 is 1.09 bits per heavy atom. The molecule has 0 bridgehead atoms. The fourth-order valence-corrected chi connectivity index (χ4v) is 2.63. The molecule has 22 heavy (non-hydrogen) atoms. The van der Waals surface area contributed by atoms with E-state index in [0.29, 0.717) is 13.2 Å². The van der Waals surface area contributed by atoms with Crippen LogP contribution in [0, 0.1) is 19.7 Å². The second-order valence-corrected chi connectivity index (χ2v) is 5.74. The Labute approximate surface area is 132 Å². The van der Waals surface area contributed by atoms with Crippen LogP contribution >= 0.6 is 0 Å². The van der Waals surface area contributed by atoms with Crippen molar-refractivity contribution >= 4 is 0 Å². The summed E-state index contributed by atoms with van der Waals surface area (Å²) < 4.78 is 18.8. The molecule has 0 fully saturated rings. The van der Waals surface area contributed by atoms with E-state index in [1.807, 2.05) is 18.2 Å². The maximum absolute atomic E-state index is 13.0. The largest absolute Gasteiger partial charge is 0.493 e. The van der Waals surface area contributed by atoms with Crippen molar-refractivity contribution in [1.29, 1.82) is 0 Å². The maximum atomic E-state index is 13.0. The van der Waals surface area contributed by atoms with Crippen LogP contribution in [0.3, 0.4) is 0 Å². The summed E-state index contributed by atoms with van der Waals surface area (Å²) in [5.41, 5.74) is 9.34. The Balaban J connectivity index is 1.82. The summed E-state index contributed by atoms with van der Waals surface area (Å²) in [4.78, 5) is 0. The number of aryl methyl sites for hydroxylation is 2. The van der Waals surface area contributed by atoms with Crippen molar-refractivity contribution in [3.63, 3.8) is 0 Å². The molecular formula is C19H24FNO. The minimum atomic E-state index is -0.210. The van der Waals surface area contributed by atoms with E-state index in [1.54, 1.807) is 0 Å². The molecule has 0 heterocycles. The molecule has 0 saturated carbocycles. The molecule has 0 radical (unpaired) electrons. The highest BCUT2D eigenvalue weighted by atomic mass is 19.1. The maximum Gasteiger partial charge on any atom is 0.123 e. The third-order valence-electron chi connectivity index (χ3n) is 3.91. The highest BCUT2D eigenvalue weighted by Gasteiger charge is 2.10. The number of ether oxygens (including phenoxy) is 1. The first-order chi connectivity index (χ1) is 10.6. The number of halogens is 1. The van der Waals surface area contributed by atoms with Crippen molar-refractivity contribution < 1.29 is 9.13 Å². The Bertz CT molecular complexity index is 595. The Morgan fingerprint density at radius 2 is 1.82 bits per heavy atom. The molecule has 0 aliphatic carbocycles. The number of nitrogens with two attached hydrogens (primary N) is 1. The van der Waals surface area contributed by atoms with Crippen molar-refractivity contribution in [2.45, 2.75) is 32.6 Å². The van der Waals surface area contributed by atoms with Gasteiger partial charge in [0.15, 0.2) is 0 Å². The number of hydrogen-bond donors (Lipinski definition) is 1. The molecule has 2 nitrogen and oxygen atoms in total. The van der Waals surface area contributed by atoms with Crippen molar-refractivity contribution in [3.05, 3.63) is 65.0 Å². The summed E-state index contributed by atoms with van der Waals surface area (Å²) in [6, 6.07) is 12.8. The summed E-state index contributed by atoms with van der Waals surface area (Å²) >= 11 is 0. The zero-order valence-electron chi connectivity index (χ0n) is 13.3. The first-order valence-electron chi connectivity index (χ1n) is 7.75. The third-order valence-corrected chi connectivity index (χ3v) is 3.91. The summed E-state index contributed by atoms with van der Waals surface area (Å²) in [5.74, 6) is 0.984. The molecule has 2 rings (SSSR count). The summed E-state index contributed by atoms with van der Waals surface area (Å²) in [6.45, 7) is 5.37. The van der Waals surface area contributed by atoms with Crippen LogP contribution < -0.4 is 10.5 Å². The molecule has 1 unspecified atom stereocenters. The second kappa shape index (κ2) is 7.95. The van der Waals surface area contributed by atoms with Gasteiger partial charge >= 0.3 is 0 Å². The average Bonchev–Trinajstić information content (AvgIpc) is 2.50.